The molecule has 1 aliphatic heterocycles. The zero-order chi connectivity index (χ0) is 45.9. The fourth-order valence-electron chi connectivity index (χ4n) is 7.22. The average Bonchev–Trinajstić information content (AvgIpc) is 3.28. The summed E-state index contributed by atoms with van der Waals surface area (Å²) in [7, 11) is 0. The number of aliphatic hydroxyl groups excluding tert-OH is 4. The van der Waals surface area contributed by atoms with Crippen molar-refractivity contribution in [2.45, 2.75) is 230 Å². The Morgan fingerprint density at radius 3 is 1.56 bits per heavy atom. The van der Waals surface area contributed by atoms with Gasteiger partial charge in [0.2, 0.25) is 0 Å². The molecule has 1 saturated heterocycles. The van der Waals surface area contributed by atoms with Gasteiger partial charge in [-0.25, -0.2) is 0 Å². The lowest BCUT2D eigenvalue weighted by Gasteiger charge is -2.39. The number of carbonyl (C=O) groups is 2. The van der Waals surface area contributed by atoms with Gasteiger partial charge in [-0.15, -0.1) is 0 Å². The maximum Gasteiger partial charge on any atom is 0.306 e. The Balaban J connectivity index is 2.30. The molecule has 362 valence electrons. The molecule has 0 bridgehead atoms. The van der Waals surface area contributed by atoms with Gasteiger partial charge in [-0.05, 0) is 64.2 Å². The number of carbonyl (C=O) groups excluding carboxylic acids is 2. The molecule has 63 heavy (non-hydrogen) atoms. The molecular weight excluding hydrogens is 797 g/mol. The summed E-state index contributed by atoms with van der Waals surface area (Å²) in [6, 6.07) is 0. The minimum absolute atomic E-state index is 0.161. The van der Waals surface area contributed by atoms with Gasteiger partial charge in [0, 0.05) is 12.8 Å². The van der Waals surface area contributed by atoms with E-state index in [1.54, 1.807) is 0 Å². The minimum Gasteiger partial charge on any atom is -0.462 e. The molecule has 0 aromatic rings. The number of hydrogen-bond acceptors (Lipinski definition) is 10. The number of ether oxygens (including phenoxy) is 4. The molecule has 10 nitrogen and oxygen atoms in total. The molecule has 2 unspecified atom stereocenters. The summed E-state index contributed by atoms with van der Waals surface area (Å²) in [4.78, 5) is 25.4. The van der Waals surface area contributed by atoms with Crippen molar-refractivity contribution in [2.24, 2.45) is 0 Å². The normalized spacial score (nSPS) is 20.1. The summed E-state index contributed by atoms with van der Waals surface area (Å²) >= 11 is 0. The van der Waals surface area contributed by atoms with Crippen LogP contribution >= 0.6 is 0 Å². The lowest BCUT2D eigenvalue weighted by Crippen LogP contribution is -2.59. The van der Waals surface area contributed by atoms with Crippen molar-refractivity contribution in [2.75, 3.05) is 19.8 Å². The van der Waals surface area contributed by atoms with Gasteiger partial charge in [0.25, 0.3) is 0 Å². The Kier molecular flexibility index (Phi) is 39.7. The van der Waals surface area contributed by atoms with E-state index in [-0.39, 0.29) is 26.1 Å². The maximum atomic E-state index is 12.8. The van der Waals surface area contributed by atoms with Crippen LogP contribution in [-0.2, 0) is 28.5 Å². The van der Waals surface area contributed by atoms with E-state index < -0.39 is 55.4 Å². The van der Waals surface area contributed by atoms with Crippen molar-refractivity contribution in [3.05, 3.63) is 72.9 Å². The third kappa shape index (κ3) is 34.2. The van der Waals surface area contributed by atoms with Gasteiger partial charge in [0.15, 0.2) is 12.4 Å². The standard InChI is InChI=1S/C53H90O10/c1-3-5-7-9-11-13-15-17-19-20-21-22-23-24-25-26-28-30-32-34-36-38-40-42-49(56)62-46(45-61-53-52(59)51(58)50(57)47(43-54)63-53)44-60-48(55)41-39-37-35-33-31-29-27-18-16-14-12-10-8-6-4-2/h6,8,10,12,14,16,18,26-28,34,36,46-47,50-54,57-59H,3-5,7,9,11,13,15,17,19-25,29-33,35,37-45H2,1-2H3/b8-6+,12-10+,16-14+,27-18+,28-26+,36-34+/t46-,47-,50+,51?,52?,53-/m1/s1. The Labute approximate surface area is 383 Å². The molecular formula is C53H90O10. The second kappa shape index (κ2) is 43.1. The van der Waals surface area contributed by atoms with E-state index in [1.807, 2.05) is 30.4 Å². The van der Waals surface area contributed by atoms with Crippen LogP contribution in [0.5, 0.6) is 0 Å². The molecule has 4 N–H and O–H groups in total. The molecule has 0 spiro atoms. The number of esters is 2. The van der Waals surface area contributed by atoms with Crippen LogP contribution in [0.2, 0.25) is 0 Å². The molecule has 0 aliphatic carbocycles. The summed E-state index contributed by atoms with van der Waals surface area (Å²) < 4.78 is 22.1. The first kappa shape index (κ1) is 58.2. The molecule has 0 aromatic heterocycles. The van der Waals surface area contributed by atoms with Crippen molar-refractivity contribution in [3.8, 4) is 0 Å². The molecule has 1 rings (SSSR count). The highest BCUT2D eigenvalue weighted by Gasteiger charge is 2.44. The summed E-state index contributed by atoms with van der Waals surface area (Å²) in [5.74, 6) is -0.886. The van der Waals surface area contributed by atoms with Crippen LogP contribution in [0.1, 0.15) is 194 Å². The average molecular weight is 887 g/mol. The van der Waals surface area contributed by atoms with Crippen LogP contribution in [0, 0.1) is 0 Å². The largest absolute Gasteiger partial charge is 0.462 e. The Morgan fingerprint density at radius 2 is 0.984 bits per heavy atom. The monoisotopic (exact) mass is 887 g/mol. The number of rotatable bonds is 41. The SMILES string of the molecule is CC/C=C/C=C/C=C/C=C/CCCCCCCC(=O)OC[C@H](CO[C@@H]1O[C@H](CO)[C@H](O)C(O)C1O)OC(=O)CCC/C=C/CC/C=C/CCCCCCCCCCCCCCCC. The van der Waals surface area contributed by atoms with Crippen molar-refractivity contribution < 1.29 is 49.0 Å². The minimum atomic E-state index is -1.61. The van der Waals surface area contributed by atoms with Crippen molar-refractivity contribution >= 4 is 11.9 Å². The Hall–Kier alpha value is -2.86. The van der Waals surface area contributed by atoms with Crippen molar-refractivity contribution in [1.29, 1.82) is 0 Å². The van der Waals surface area contributed by atoms with Gasteiger partial charge >= 0.3 is 11.9 Å². The molecule has 0 amide bonds. The van der Waals surface area contributed by atoms with Crippen LogP contribution in [0.4, 0.5) is 0 Å². The second-order valence-electron chi connectivity index (χ2n) is 17.0. The fourth-order valence-corrected chi connectivity index (χ4v) is 7.22. The topological polar surface area (TPSA) is 152 Å². The van der Waals surface area contributed by atoms with E-state index >= 15 is 0 Å². The van der Waals surface area contributed by atoms with E-state index in [4.69, 9.17) is 18.9 Å². The number of hydrogen-bond donors (Lipinski definition) is 4. The number of unbranched alkanes of at least 4 members (excludes halogenated alkanes) is 21. The van der Waals surface area contributed by atoms with Gasteiger partial charge in [0.05, 0.1) is 13.2 Å². The Bertz CT molecular complexity index is 1250. The van der Waals surface area contributed by atoms with Crippen LogP contribution in [-0.4, -0.2) is 89.0 Å². The lowest BCUT2D eigenvalue weighted by molar-refractivity contribution is -0.305. The van der Waals surface area contributed by atoms with Gasteiger partial charge in [-0.3, -0.25) is 9.59 Å². The van der Waals surface area contributed by atoms with Crippen LogP contribution in [0.15, 0.2) is 72.9 Å². The van der Waals surface area contributed by atoms with Gasteiger partial charge in [-0.1, -0.05) is 189 Å². The first-order chi connectivity index (χ1) is 30.8. The summed E-state index contributed by atoms with van der Waals surface area (Å²) in [5, 5.41) is 40.1. The van der Waals surface area contributed by atoms with Gasteiger partial charge in [-0.2, -0.15) is 0 Å². The van der Waals surface area contributed by atoms with Crippen molar-refractivity contribution in [3.63, 3.8) is 0 Å². The highest BCUT2D eigenvalue weighted by atomic mass is 16.7. The van der Waals surface area contributed by atoms with Crippen LogP contribution in [0.3, 0.4) is 0 Å². The zero-order valence-corrected chi connectivity index (χ0v) is 39.6. The lowest BCUT2D eigenvalue weighted by atomic mass is 9.99. The highest BCUT2D eigenvalue weighted by Crippen LogP contribution is 2.23. The molecule has 0 radical (unpaired) electrons. The second-order valence-corrected chi connectivity index (χ2v) is 17.0. The van der Waals surface area contributed by atoms with E-state index in [9.17, 15) is 30.0 Å². The van der Waals surface area contributed by atoms with E-state index in [1.165, 1.54) is 89.9 Å². The summed E-state index contributed by atoms with van der Waals surface area (Å²) in [6.07, 6.45) is 47.8. The molecule has 1 fully saturated rings. The van der Waals surface area contributed by atoms with Crippen LogP contribution < -0.4 is 0 Å². The van der Waals surface area contributed by atoms with Gasteiger partial charge < -0.3 is 39.4 Å². The summed E-state index contributed by atoms with van der Waals surface area (Å²) in [5.41, 5.74) is 0. The highest BCUT2D eigenvalue weighted by molar-refractivity contribution is 5.70. The molecule has 0 aromatic carbocycles. The van der Waals surface area contributed by atoms with Crippen LogP contribution in [0.25, 0.3) is 0 Å². The number of aliphatic hydroxyl groups is 4. The zero-order valence-electron chi connectivity index (χ0n) is 39.6. The molecule has 10 heteroatoms. The first-order valence-corrected chi connectivity index (χ1v) is 25.1. The predicted octanol–water partition coefficient (Wildman–Crippen LogP) is 11.6. The van der Waals surface area contributed by atoms with Gasteiger partial charge in [0.1, 0.15) is 31.0 Å². The quantitative estimate of drug-likeness (QED) is 0.0202. The molecule has 1 heterocycles. The van der Waals surface area contributed by atoms with E-state index in [2.05, 4.69) is 56.4 Å². The fraction of sp³-hybridized carbons (Fsp3) is 0.736. The third-order valence-corrected chi connectivity index (χ3v) is 11.1. The molecule has 1 aliphatic rings. The number of allylic oxidation sites excluding steroid dienone is 12. The van der Waals surface area contributed by atoms with E-state index in [0.717, 1.165) is 64.2 Å². The first-order valence-electron chi connectivity index (χ1n) is 25.1. The maximum absolute atomic E-state index is 12.8. The smallest absolute Gasteiger partial charge is 0.306 e. The molecule has 6 atom stereocenters. The van der Waals surface area contributed by atoms with E-state index in [0.29, 0.717) is 12.8 Å². The molecule has 0 saturated carbocycles. The Morgan fingerprint density at radius 1 is 0.508 bits per heavy atom. The third-order valence-electron chi connectivity index (χ3n) is 11.1. The van der Waals surface area contributed by atoms with Crippen molar-refractivity contribution in [1.82, 2.24) is 0 Å². The predicted molar refractivity (Wildman–Crippen MR) is 256 cm³/mol. The summed E-state index contributed by atoms with van der Waals surface area (Å²) in [6.45, 7) is 3.23.